The van der Waals surface area contributed by atoms with Crippen LogP contribution < -0.4 is 16.6 Å². The van der Waals surface area contributed by atoms with Crippen LogP contribution in [-0.4, -0.2) is 22.0 Å². The average Bonchev–Trinajstić information content (AvgIpc) is 3.26. The van der Waals surface area contributed by atoms with Crippen LogP contribution in [-0.2, 0) is 11.3 Å². The van der Waals surface area contributed by atoms with Crippen molar-refractivity contribution in [3.05, 3.63) is 57.3 Å². The van der Waals surface area contributed by atoms with Gasteiger partial charge in [-0.25, -0.2) is 4.79 Å². The zero-order valence-electron chi connectivity index (χ0n) is 14.6. The van der Waals surface area contributed by atoms with E-state index < -0.39 is 5.69 Å². The van der Waals surface area contributed by atoms with Gasteiger partial charge in [0.25, 0.3) is 5.56 Å². The summed E-state index contributed by atoms with van der Waals surface area (Å²) in [7, 11) is 0. The lowest BCUT2D eigenvalue weighted by Crippen LogP contribution is -2.35. The van der Waals surface area contributed by atoms with E-state index in [0.29, 0.717) is 41.5 Å². The number of hydrogen-bond acceptors (Lipinski definition) is 3. The number of para-hydroxylation sites is 1. The average molecular weight is 353 g/mol. The molecule has 0 saturated heterocycles. The van der Waals surface area contributed by atoms with E-state index in [4.69, 9.17) is 0 Å². The van der Waals surface area contributed by atoms with Gasteiger partial charge in [0, 0.05) is 19.5 Å². The van der Waals surface area contributed by atoms with Gasteiger partial charge in [-0.2, -0.15) is 0 Å². The molecule has 6 nitrogen and oxygen atoms in total. The van der Waals surface area contributed by atoms with E-state index in [1.165, 1.54) is 17.4 Å². The molecule has 1 saturated carbocycles. The molecule has 2 aliphatic carbocycles. The predicted molar refractivity (Wildman–Crippen MR) is 99.9 cm³/mol. The number of amides is 1. The molecule has 0 unspecified atom stereocenters. The SMILES string of the molecule is O=C(CCCn1c(=O)[nH]c2ccccc2c1=O)NC[C@H]1C[C@H]2C=C[C@@H]1C2. The molecule has 1 fully saturated rings. The number of benzene rings is 1. The Bertz CT molecular complexity index is 972. The van der Waals surface area contributed by atoms with Crippen molar-refractivity contribution < 1.29 is 4.79 Å². The number of nitrogens with zero attached hydrogens (tertiary/aromatic N) is 1. The van der Waals surface area contributed by atoms with Gasteiger partial charge in [-0.3, -0.25) is 14.2 Å². The van der Waals surface area contributed by atoms with Crippen molar-refractivity contribution >= 4 is 16.8 Å². The van der Waals surface area contributed by atoms with Gasteiger partial charge >= 0.3 is 5.69 Å². The zero-order chi connectivity index (χ0) is 18.1. The summed E-state index contributed by atoms with van der Waals surface area (Å²) in [5.41, 5.74) is -0.196. The molecule has 0 spiro atoms. The van der Waals surface area contributed by atoms with E-state index in [1.807, 2.05) is 0 Å². The highest BCUT2D eigenvalue weighted by atomic mass is 16.2. The summed E-state index contributed by atoms with van der Waals surface area (Å²) in [6, 6.07) is 6.95. The fraction of sp³-hybridized carbons (Fsp3) is 0.450. The summed E-state index contributed by atoms with van der Waals surface area (Å²) in [5, 5.41) is 3.50. The molecule has 2 N–H and O–H groups in total. The quantitative estimate of drug-likeness (QED) is 0.777. The van der Waals surface area contributed by atoms with Crippen LogP contribution in [0.4, 0.5) is 0 Å². The Kier molecular flexibility index (Phi) is 4.49. The van der Waals surface area contributed by atoms with Crippen molar-refractivity contribution in [3.8, 4) is 0 Å². The molecule has 136 valence electrons. The minimum Gasteiger partial charge on any atom is -0.356 e. The molecule has 1 heterocycles. The van der Waals surface area contributed by atoms with E-state index in [0.717, 1.165) is 6.54 Å². The lowest BCUT2D eigenvalue weighted by molar-refractivity contribution is -0.121. The number of hydrogen-bond donors (Lipinski definition) is 2. The zero-order valence-corrected chi connectivity index (χ0v) is 14.6. The molecule has 0 radical (unpaired) electrons. The highest BCUT2D eigenvalue weighted by Gasteiger charge is 2.35. The Morgan fingerprint density at radius 3 is 2.81 bits per heavy atom. The smallest absolute Gasteiger partial charge is 0.328 e. The van der Waals surface area contributed by atoms with Crippen molar-refractivity contribution in [3.63, 3.8) is 0 Å². The Morgan fingerprint density at radius 1 is 1.19 bits per heavy atom. The molecule has 1 aromatic carbocycles. The normalized spacial score (nSPS) is 23.6. The van der Waals surface area contributed by atoms with Gasteiger partial charge in [0.05, 0.1) is 10.9 Å². The van der Waals surface area contributed by atoms with E-state index in [9.17, 15) is 14.4 Å². The number of carbonyl (C=O) groups is 1. The molecule has 3 atom stereocenters. The van der Waals surface area contributed by atoms with Crippen LogP contribution in [0.2, 0.25) is 0 Å². The van der Waals surface area contributed by atoms with E-state index >= 15 is 0 Å². The Labute approximate surface area is 150 Å². The monoisotopic (exact) mass is 353 g/mol. The van der Waals surface area contributed by atoms with Crippen molar-refractivity contribution in [2.24, 2.45) is 17.8 Å². The van der Waals surface area contributed by atoms with E-state index in [1.54, 1.807) is 24.3 Å². The number of aromatic amines is 1. The molecule has 26 heavy (non-hydrogen) atoms. The molecule has 0 aliphatic heterocycles. The van der Waals surface area contributed by atoms with Crippen LogP contribution >= 0.6 is 0 Å². The van der Waals surface area contributed by atoms with Crippen LogP contribution in [0.5, 0.6) is 0 Å². The van der Waals surface area contributed by atoms with Crippen molar-refractivity contribution in [2.45, 2.75) is 32.2 Å². The van der Waals surface area contributed by atoms with Gasteiger partial charge in [-0.05, 0) is 49.1 Å². The Balaban J connectivity index is 1.31. The van der Waals surface area contributed by atoms with Crippen molar-refractivity contribution in [2.75, 3.05) is 6.54 Å². The summed E-state index contributed by atoms with van der Waals surface area (Å²) in [6.45, 7) is 0.962. The van der Waals surface area contributed by atoms with Crippen LogP contribution in [0, 0.1) is 17.8 Å². The molecular formula is C20H23N3O3. The van der Waals surface area contributed by atoms with Gasteiger partial charge < -0.3 is 10.3 Å². The number of nitrogens with one attached hydrogen (secondary N) is 2. The first-order valence-electron chi connectivity index (χ1n) is 9.28. The highest BCUT2D eigenvalue weighted by Crippen LogP contribution is 2.42. The molecule has 2 bridgehead atoms. The molecule has 2 aliphatic rings. The summed E-state index contributed by atoms with van der Waals surface area (Å²) in [5.74, 6) is 1.87. The van der Waals surface area contributed by atoms with Crippen LogP contribution in [0.1, 0.15) is 25.7 Å². The number of rotatable bonds is 6. The third-order valence-corrected chi connectivity index (χ3v) is 5.65. The first-order chi connectivity index (χ1) is 12.6. The second kappa shape index (κ2) is 6.94. The molecule has 2 aromatic rings. The molecule has 6 heteroatoms. The summed E-state index contributed by atoms with van der Waals surface area (Å²) < 4.78 is 1.18. The number of H-pyrrole nitrogens is 1. The Hall–Kier alpha value is -2.63. The van der Waals surface area contributed by atoms with Crippen LogP contribution in [0.3, 0.4) is 0 Å². The number of allylic oxidation sites excluding steroid dienone is 2. The summed E-state index contributed by atoms with van der Waals surface area (Å²) in [4.78, 5) is 39.3. The molecule has 4 rings (SSSR count). The molecule has 1 amide bonds. The molecule has 1 aromatic heterocycles. The van der Waals surface area contributed by atoms with Crippen molar-refractivity contribution in [1.82, 2.24) is 14.9 Å². The first-order valence-corrected chi connectivity index (χ1v) is 9.28. The maximum Gasteiger partial charge on any atom is 0.328 e. The number of fused-ring (bicyclic) bond motifs is 3. The standard InChI is InChI=1S/C20H23N3O3/c24-18(21-12-15-11-13-7-8-14(15)10-13)6-3-9-23-19(25)16-4-1-2-5-17(16)22-20(23)26/h1-2,4-5,7-8,13-15H,3,6,9-12H2,(H,21,24)(H,22,26)/t13-,14+,15+/m0/s1. The van der Waals surface area contributed by atoms with E-state index in [-0.39, 0.29) is 18.0 Å². The van der Waals surface area contributed by atoms with Gasteiger partial charge in [-0.15, -0.1) is 0 Å². The lowest BCUT2D eigenvalue weighted by Gasteiger charge is -2.18. The van der Waals surface area contributed by atoms with Gasteiger partial charge in [0.2, 0.25) is 5.91 Å². The van der Waals surface area contributed by atoms with Gasteiger partial charge in [0.15, 0.2) is 0 Å². The number of aromatic nitrogens is 2. The third-order valence-electron chi connectivity index (χ3n) is 5.65. The summed E-state index contributed by atoms with van der Waals surface area (Å²) in [6.07, 6.45) is 7.75. The van der Waals surface area contributed by atoms with E-state index in [2.05, 4.69) is 22.5 Å². The largest absolute Gasteiger partial charge is 0.356 e. The van der Waals surface area contributed by atoms with Crippen LogP contribution in [0.25, 0.3) is 10.9 Å². The minimum absolute atomic E-state index is 0.0120. The fourth-order valence-electron chi connectivity index (χ4n) is 4.26. The second-order valence-electron chi connectivity index (χ2n) is 7.38. The van der Waals surface area contributed by atoms with Gasteiger partial charge in [0.1, 0.15) is 0 Å². The fourth-order valence-corrected chi connectivity index (χ4v) is 4.26. The first kappa shape index (κ1) is 16.8. The highest BCUT2D eigenvalue weighted by molar-refractivity contribution is 5.77. The Morgan fingerprint density at radius 2 is 2.04 bits per heavy atom. The maximum atomic E-state index is 12.4. The van der Waals surface area contributed by atoms with Gasteiger partial charge in [-0.1, -0.05) is 24.3 Å². The predicted octanol–water partition coefficient (Wildman–Crippen LogP) is 1.80. The third kappa shape index (κ3) is 3.23. The maximum absolute atomic E-state index is 12.4. The lowest BCUT2D eigenvalue weighted by atomic mass is 9.93. The topological polar surface area (TPSA) is 84.0 Å². The molecular weight excluding hydrogens is 330 g/mol. The second-order valence-corrected chi connectivity index (χ2v) is 7.38. The van der Waals surface area contributed by atoms with Crippen molar-refractivity contribution in [1.29, 1.82) is 0 Å². The summed E-state index contributed by atoms with van der Waals surface area (Å²) >= 11 is 0. The minimum atomic E-state index is -0.428. The number of carbonyl (C=O) groups excluding carboxylic acids is 1. The van der Waals surface area contributed by atoms with Crippen LogP contribution in [0.15, 0.2) is 46.0 Å².